The van der Waals surface area contributed by atoms with Crippen molar-refractivity contribution in [2.75, 3.05) is 24.6 Å². The summed E-state index contributed by atoms with van der Waals surface area (Å²) < 4.78 is 5.36. The van der Waals surface area contributed by atoms with E-state index in [1.165, 1.54) is 0 Å². The van der Waals surface area contributed by atoms with Gasteiger partial charge in [0.1, 0.15) is 5.75 Å². The number of anilines is 1. The Labute approximate surface area is 89.7 Å². The molecule has 0 atom stereocenters. The Morgan fingerprint density at radius 3 is 2.60 bits per heavy atom. The van der Waals surface area contributed by atoms with Crippen LogP contribution in [0.3, 0.4) is 0 Å². The normalized spacial score (nSPS) is 15.8. The maximum absolute atomic E-state index is 11.1. The van der Waals surface area contributed by atoms with E-state index in [0.717, 1.165) is 18.0 Å². The van der Waals surface area contributed by atoms with Gasteiger partial charge in [0.2, 0.25) is 0 Å². The van der Waals surface area contributed by atoms with Gasteiger partial charge < -0.3 is 9.64 Å². The minimum Gasteiger partial charge on any atom is -0.494 e. The van der Waals surface area contributed by atoms with E-state index >= 15 is 0 Å². The summed E-state index contributed by atoms with van der Waals surface area (Å²) >= 11 is 0. The molecule has 1 aromatic carbocycles. The average molecular weight is 205 g/mol. The van der Waals surface area contributed by atoms with E-state index in [2.05, 4.69) is 4.90 Å². The summed E-state index contributed by atoms with van der Waals surface area (Å²) in [5.74, 6) is 1.20. The maximum atomic E-state index is 11.1. The Balaban J connectivity index is 2.06. The number of nitrogens with zero attached hydrogens (tertiary/aromatic N) is 1. The van der Waals surface area contributed by atoms with Gasteiger partial charge >= 0.3 is 0 Å². The second kappa shape index (κ2) is 4.34. The third kappa shape index (κ3) is 2.29. The zero-order valence-electron chi connectivity index (χ0n) is 8.90. The molecule has 3 nitrogen and oxygen atoms in total. The number of Topliss-reactive ketones (excluding diaryl/α,β-unsaturated/α-hetero) is 1. The van der Waals surface area contributed by atoms with Crippen molar-refractivity contribution in [3.63, 3.8) is 0 Å². The molecule has 0 aliphatic carbocycles. The number of carbonyl (C=O) groups is 1. The van der Waals surface area contributed by atoms with Crippen LogP contribution in [0.1, 0.15) is 13.3 Å². The number of ketones is 1. The molecule has 1 aliphatic rings. The summed E-state index contributed by atoms with van der Waals surface area (Å²) in [7, 11) is 0. The highest BCUT2D eigenvalue weighted by Crippen LogP contribution is 2.21. The summed E-state index contributed by atoms with van der Waals surface area (Å²) in [6, 6.07) is 7.90. The molecule has 1 heterocycles. The van der Waals surface area contributed by atoms with E-state index in [1.54, 1.807) is 0 Å². The van der Waals surface area contributed by atoms with Crippen molar-refractivity contribution in [2.45, 2.75) is 13.3 Å². The molecule has 80 valence electrons. The lowest BCUT2D eigenvalue weighted by molar-refractivity contribution is -0.116. The fraction of sp³-hybridized carbons (Fsp3) is 0.417. The van der Waals surface area contributed by atoms with Crippen molar-refractivity contribution in [1.82, 2.24) is 0 Å². The van der Waals surface area contributed by atoms with Gasteiger partial charge in [-0.1, -0.05) is 0 Å². The van der Waals surface area contributed by atoms with Crippen LogP contribution in [0.4, 0.5) is 5.69 Å². The molecule has 0 amide bonds. The lowest BCUT2D eigenvalue weighted by atomic mass is 10.3. The van der Waals surface area contributed by atoms with E-state index in [9.17, 15) is 4.79 Å². The summed E-state index contributed by atoms with van der Waals surface area (Å²) in [6.07, 6.45) is 0.674. The molecule has 0 radical (unpaired) electrons. The molecule has 0 N–H and O–H groups in total. The molecule has 0 bridgehead atoms. The molecule has 2 rings (SSSR count). The first-order chi connectivity index (χ1) is 7.29. The van der Waals surface area contributed by atoms with Gasteiger partial charge in [0, 0.05) is 18.7 Å². The second-order valence-corrected chi connectivity index (χ2v) is 3.64. The first kappa shape index (κ1) is 10.0. The van der Waals surface area contributed by atoms with E-state index < -0.39 is 0 Å². The number of benzene rings is 1. The number of carbonyl (C=O) groups excluding carboxylic acids is 1. The predicted molar refractivity (Wildman–Crippen MR) is 59.4 cm³/mol. The van der Waals surface area contributed by atoms with E-state index in [0.29, 0.717) is 25.4 Å². The molecule has 1 aromatic rings. The van der Waals surface area contributed by atoms with Gasteiger partial charge in [-0.05, 0) is 31.2 Å². The van der Waals surface area contributed by atoms with Crippen LogP contribution in [-0.2, 0) is 4.79 Å². The first-order valence-corrected chi connectivity index (χ1v) is 5.29. The van der Waals surface area contributed by atoms with Crippen molar-refractivity contribution < 1.29 is 9.53 Å². The summed E-state index contributed by atoms with van der Waals surface area (Å²) in [4.78, 5) is 13.2. The largest absolute Gasteiger partial charge is 0.494 e. The molecule has 3 heteroatoms. The van der Waals surface area contributed by atoms with Crippen LogP contribution in [0.2, 0.25) is 0 Å². The number of hydrogen-bond acceptors (Lipinski definition) is 3. The van der Waals surface area contributed by atoms with Gasteiger partial charge in [-0.2, -0.15) is 0 Å². The van der Waals surface area contributed by atoms with Crippen molar-refractivity contribution in [2.24, 2.45) is 0 Å². The van der Waals surface area contributed by atoms with Gasteiger partial charge in [-0.15, -0.1) is 0 Å². The fourth-order valence-electron chi connectivity index (χ4n) is 1.77. The smallest absolute Gasteiger partial charge is 0.153 e. The highest BCUT2D eigenvalue weighted by molar-refractivity contribution is 5.87. The van der Waals surface area contributed by atoms with Crippen molar-refractivity contribution >= 4 is 11.5 Å². The Kier molecular flexibility index (Phi) is 2.90. The van der Waals surface area contributed by atoms with Crippen LogP contribution >= 0.6 is 0 Å². The first-order valence-electron chi connectivity index (χ1n) is 5.29. The molecular weight excluding hydrogens is 190 g/mol. The lowest BCUT2D eigenvalue weighted by Crippen LogP contribution is -2.19. The summed E-state index contributed by atoms with van der Waals surface area (Å²) in [5, 5.41) is 0. The molecule has 0 aromatic heterocycles. The van der Waals surface area contributed by atoms with Crippen molar-refractivity contribution in [3.8, 4) is 5.75 Å². The van der Waals surface area contributed by atoms with Gasteiger partial charge in [-0.25, -0.2) is 0 Å². The fourth-order valence-corrected chi connectivity index (χ4v) is 1.77. The standard InChI is InChI=1S/C12H15NO2/c1-2-15-12-5-3-10(4-6-12)13-8-7-11(14)9-13/h3-6H,2,7-9H2,1H3. The van der Waals surface area contributed by atoms with Crippen molar-refractivity contribution in [3.05, 3.63) is 24.3 Å². The highest BCUT2D eigenvalue weighted by atomic mass is 16.5. The van der Waals surface area contributed by atoms with Crippen LogP contribution in [0.5, 0.6) is 5.75 Å². The van der Waals surface area contributed by atoms with Gasteiger partial charge in [0.05, 0.1) is 13.2 Å². The molecule has 1 saturated heterocycles. The van der Waals surface area contributed by atoms with Crippen LogP contribution in [0, 0.1) is 0 Å². The summed E-state index contributed by atoms with van der Waals surface area (Å²) in [5.41, 5.74) is 1.10. The zero-order valence-corrected chi connectivity index (χ0v) is 8.90. The number of rotatable bonds is 3. The van der Waals surface area contributed by atoms with Crippen LogP contribution in [0.25, 0.3) is 0 Å². The zero-order chi connectivity index (χ0) is 10.7. The Morgan fingerprint density at radius 2 is 2.07 bits per heavy atom. The molecular formula is C12H15NO2. The third-order valence-corrected chi connectivity index (χ3v) is 2.54. The average Bonchev–Trinajstić information content (AvgIpc) is 2.67. The number of ether oxygens (including phenoxy) is 1. The molecule has 0 unspecified atom stereocenters. The summed E-state index contributed by atoms with van der Waals surface area (Å²) in [6.45, 7) is 4.04. The van der Waals surface area contributed by atoms with Crippen LogP contribution < -0.4 is 9.64 Å². The Bertz CT molecular complexity index is 345. The van der Waals surface area contributed by atoms with E-state index in [-0.39, 0.29) is 0 Å². The van der Waals surface area contributed by atoms with Gasteiger partial charge in [-0.3, -0.25) is 4.79 Å². The molecule has 1 fully saturated rings. The minimum absolute atomic E-state index is 0.323. The molecule has 1 aliphatic heterocycles. The van der Waals surface area contributed by atoms with Crippen LogP contribution in [0.15, 0.2) is 24.3 Å². The quantitative estimate of drug-likeness (QED) is 0.754. The Hall–Kier alpha value is -1.51. The molecule has 15 heavy (non-hydrogen) atoms. The lowest BCUT2D eigenvalue weighted by Gasteiger charge is -2.16. The topological polar surface area (TPSA) is 29.5 Å². The van der Waals surface area contributed by atoms with Gasteiger partial charge in [0.15, 0.2) is 5.78 Å². The van der Waals surface area contributed by atoms with Crippen molar-refractivity contribution in [1.29, 1.82) is 0 Å². The monoisotopic (exact) mass is 205 g/mol. The second-order valence-electron chi connectivity index (χ2n) is 3.64. The highest BCUT2D eigenvalue weighted by Gasteiger charge is 2.19. The van der Waals surface area contributed by atoms with Crippen LogP contribution in [-0.4, -0.2) is 25.5 Å². The van der Waals surface area contributed by atoms with E-state index in [1.807, 2.05) is 31.2 Å². The SMILES string of the molecule is CCOc1ccc(N2CCC(=O)C2)cc1. The van der Waals surface area contributed by atoms with Gasteiger partial charge in [0.25, 0.3) is 0 Å². The predicted octanol–water partition coefficient (Wildman–Crippen LogP) is 1.86. The minimum atomic E-state index is 0.323. The maximum Gasteiger partial charge on any atom is 0.153 e. The Morgan fingerprint density at radius 1 is 1.33 bits per heavy atom. The number of hydrogen-bond donors (Lipinski definition) is 0. The molecule has 0 spiro atoms. The molecule has 0 saturated carbocycles. The van der Waals surface area contributed by atoms with E-state index in [4.69, 9.17) is 4.74 Å². The third-order valence-electron chi connectivity index (χ3n) is 2.54.